The summed E-state index contributed by atoms with van der Waals surface area (Å²) in [7, 11) is 0. The third kappa shape index (κ3) is 3.61. The maximum atomic E-state index is 3.78. The molecule has 0 heterocycles. The normalized spacial score (nSPS) is 18.9. The monoisotopic (exact) mass is 197 g/mol. The zero-order valence-corrected chi connectivity index (χ0v) is 10.2. The highest BCUT2D eigenvalue weighted by Gasteiger charge is 2.40. The molecule has 1 rings (SSSR count). The van der Waals surface area contributed by atoms with Crippen molar-refractivity contribution in [2.75, 3.05) is 6.54 Å². The molecule has 14 heavy (non-hydrogen) atoms. The number of rotatable bonds is 8. The highest BCUT2D eigenvalue weighted by atomic mass is 14.9. The summed E-state index contributed by atoms with van der Waals surface area (Å²) in [5.74, 6) is 0. The van der Waals surface area contributed by atoms with Crippen molar-refractivity contribution in [3.63, 3.8) is 0 Å². The van der Waals surface area contributed by atoms with Crippen molar-refractivity contribution in [3.8, 4) is 0 Å². The molecule has 0 aromatic rings. The fraction of sp³-hybridized carbons (Fsp3) is 1.00. The number of nitrogens with one attached hydrogen (secondary N) is 1. The average molecular weight is 197 g/mol. The molecule has 1 N–H and O–H groups in total. The third-order valence-corrected chi connectivity index (χ3v) is 3.75. The lowest BCUT2D eigenvalue weighted by atomic mass is 10.0. The van der Waals surface area contributed by atoms with Gasteiger partial charge in [0.1, 0.15) is 0 Å². The smallest absolute Gasteiger partial charge is 0.00670 e. The minimum Gasteiger partial charge on any atom is -0.313 e. The SMILES string of the molecule is CCCC(CCC)NCC1(CC)CC1. The van der Waals surface area contributed by atoms with Crippen LogP contribution in [0.2, 0.25) is 0 Å². The Morgan fingerprint density at radius 3 is 2.00 bits per heavy atom. The fourth-order valence-electron chi connectivity index (χ4n) is 2.24. The molecule has 1 heteroatoms. The molecule has 0 unspecified atom stereocenters. The molecule has 0 aromatic heterocycles. The van der Waals surface area contributed by atoms with Gasteiger partial charge in [0, 0.05) is 12.6 Å². The number of hydrogen-bond acceptors (Lipinski definition) is 1. The molecule has 1 fully saturated rings. The van der Waals surface area contributed by atoms with Crippen molar-refractivity contribution in [2.45, 2.75) is 71.8 Å². The van der Waals surface area contributed by atoms with Crippen LogP contribution in [0.1, 0.15) is 65.7 Å². The van der Waals surface area contributed by atoms with Crippen molar-refractivity contribution in [1.29, 1.82) is 0 Å². The van der Waals surface area contributed by atoms with Gasteiger partial charge in [-0.15, -0.1) is 0 Å². The van der Waals surface area contributed by atoms with Crippen LogP contribution in [0.3, 0.4) is 0 Å². The van der Waals surface area contributed by atoms with Crippen LogP contribution in [0, 0.1) is 5.41 Å². The first-order valence-corrected chi connectivity index (χ1v) is 6.49. The van der Waals surface area contributed by atoms with Crippen LogP contribution in [0.25, 0.3) is 0 Å². The van der Waals surface area contributed by atoms with E-state index in [0.29, 0.717) is 5.41 Å². The van der Waals surface area contributed by atoms with Crippen LogP contribution in [0.5, 0.6) is 0 Å². The average Bonchev–Trinajstić information content (AvgIpc) is 2.96. The Kier molecular flexibility index (Phi) is 4.94. The maximum Gasteiger partial charge on any atom is 0.00670 e. The Balaban J connectivity index is 2.18. The van der Waals surface area contributed by atoms with Gasteiger partial charge in [0.2, 0.25) is 0 Å². The van der Waals surface area contributed by atoms with Crippen molar-refractivity contribution in [3.05, 3.63) is 0 Å². The van der Waals surface area contributed by atoms with Gasteiger partial charge in [-0.2, -0.15) is 0 Å². The van der Waals surface area contributed by atoms with E-state index in [9.17, 15) is 0 Å². The van der Waals surface area contributed by atoms with Crippen LogP contribution in [0.4, 0.5) is 0 Å². The summed E-state index contributed by atoms with van der Waals surface area (Å²) in [6.07, 6.45) is 9.63. The molecule has 0 atom stereocenters. The largest absolute Gasteiger partial charge is 0.313 e. The van der Waals surface area contributed by atoms with E-state index in [1.165, 1.54) is 51.5 Å². The molecule has 1 aliphatic rings. The van der Waals surface area contributed by atoms with Gasteiger partial charge in [0.15, 0.2) is 0 Å². The highest BCUT2D eigenvalue weighted by molar-refractivity contribution is 4.94. The number of hydrogen-bond donors (Lipinski definition) is 1. The van der Waals surface area contributed by atoms with E-state index in [1.54, 1.807) is 0 Å². The Hall–Kier alpha value is -0.0400. The molecule has 1 nitrogen and oxygen atoms in total. The minimum absolute atomic E-state index is 0.708. The molecule has 0 spiro atoms. The zero-order valence-electron chi connectivity index (χ0n) is 10.2. The first-order chi connectivity index (χ1) is 6.76. The molecule has 0 radical (unpaired) electrons. The van der Waals surface area contributed by atoms with Crippen molar-refractivity contribution in [1.82, 2.24) is 5.32 Å². The molecular formula is C13H27N. The second-order valence-electron chi connectivity index (χ2n) is 5.01. The Morgan fingerprint density at radius 2 is 1.64 bits per heavy atom. The first-order valence-electron chi connectivity index (χ1n) is 6.49. The minimum atomic E-state index is 0.708. The van der Waals surface area contributed by atoms with Crippen LogP contribution in [0.15, 0.2) is 0 Å². The molecule has 0 saturated heterocycles. The first kappa shape index (κ1) is 12.0. The fourth-order valence-corrected chi connectivity index (χ4v) is 2.24. The highest BCUT2D eigenvalue weighted by Crippen LogP contribution is 2.47. The molecule has 0 amide bonds. The van der Waals surface area contributed by atoms with E-state index >= 15 is 0 Å². The molecule has 84 valence electrons. The predicted molar refractivity (Wildman–Crippen MR) is 63.6 cm³/mol. The molecule has 0 aliphatic heterocycles. The standard InChI is InChI=1S/C13H27N/c1-4-7-12(8-5-2)14-11-13(6-3)9-10-13/h12,14H,4-11H2,1-3H3. The second kappa shape index (κ2) is 5.75. The van der Waals surface area contributed by atoms with Crippen molar-refractivity contribution in [2.24, 2.45) is 5.41 Å². The summed E-state index contributed by atoms with van der Waals surface area (Å²) in [6, 6.07) is 0.786. The summed E-state index contributed by atoms with van der Waals surface area (Å²) in [4.78, 5) is 0. The summed E-state index contributed by atoms with van der Waals surface area (Å²) in [5.41, 5.74) is 0.708. The van der Waals surface area contributed by atoms with Gasteiger partial charge in [0.25, 0.3) is 0 Å². The lowest BCUT2D eigenvalue weighted by Crippen LogP contribution is -2.33. The van der Waals surface area contributed by atoms with Crippen LogP contribution < -0.4 is 5.32 Å². The van der Waals surface area contributed by atoms with Gasteiger partial charge in [-0.1, -0.05) is 33.6 Å². The van der Waals surface area contributed by atoms with Gasteiger partial charge >= 0.3 is 0 Å². The third-order valence-electron chi connectivity index (χ3n) is 3.75. The second-order valence-corrected chi connectivity index (χ2v) is 5.01. The molecule has 1 saturated carbocycles. The van der Waals surface area contributed by atoms with Crippen LogP contribution >= 0.6 is 0 Å². The van der Waals surface area contributed by atoms with E-state index in [2.05, 4.69) is 26.1 Å². The van der Waals surface area contributed by atoms with E-state index < -0.39 is 0 Å². The van der Waals surface area contributed by atoms with Crippen molar-refractivity contribution >= 4 is 0 Å². The van der Waals surface area contributed by atoms with Gasteiger partial charge in [-0.05, 0) is 37.5 Å². The van der Waals surface area contributed by atoms with Gasteiger partial charge in [-0.25, -0.2) is 0 Å². The Bertz CT molecular complexity index is 143. The summed E-state index contributed by atoms with van der Waals surface area (Å²) in [6.45, 7) is 8.19. The van der Waals surface area contributed by atoms with Crippen LogP contribution in [-0.4, -0.2) is 12.6 Å². The predicted octanol–water partition coefficient (Wildman–Crippen LogP) is 3.74. The van der Waals surface area contributed by atoms with E-state index in [1.807, 2.05) is 0 Å². The summed E-state index contributed by atoms with van der Waals surface area (Å²) in [5, 5.41) is 3.78. The van der Waals surface area contributed by atoms with Gasteiger partial charge in [-0.3, -0.25) is 0 Å². The summed E-state index contributed by atoms with van der Waals surface area (Å²) < 4.78 is 0. The van der Waals surface area contributed by atoms with E-state index in [0.717, 1.165) is 6.04 Å². The zero-order chi connectivity index (χ0) is 10.4. The molecular weight excluding hydrogens is 170 g/mol. The lowest BCUT2D eigenvalue weighted by Gasteiger charge is -2.21. The van der Waals surface area contributed by atoms with Crippen molar-refractivity contribution < 1.29 is 0 Å². The topological polar surface area (TPSA) is 12.0 Å². The molecule has 0 aromatic carbocycles. The van der Waals surface area contributed by atoms with Crippen LogP contribution in [-0.2, 0) is 0 Å². The Labute approximate surface area is 89.7 Å². The molecule has 0 bridgehead atoms. The summed E-state index contributed by atoms with van der Waals surface area (Å²) >= 11 is 0. The Morgan fingerprint density at radius 1 is 1.07 bits per heavy atom. The van der Waals surface area contributed by atoms with E-state index in [4.69, 9.17) is 0 Å². The van der Waals surface area contributed by atoms with E-state index in [-0.39, 0.29) is 0 Å². The quantitative estimate of drug-likeness (QED) is 0.625. The molecule has 1 aliphatic carbocycles. The van der Waals surface area contributed by atoms with Gasteiger partial charge < -0.3 is 5.32 Å². The van der Waals surface area contributed by atoms with Gasteiger partial charge in [0.05, 0.1) is 0 Å². The maximum absolute atomic E-state index is 3.78. The lowest BCUT2D eigenvalue weighted by molar-refractivity contribution is 0.371.